The fourth-order valence-electron chi connectivity index (χ4n) is 3.67. The van der Waals surface area contributed by atoms with E-state index in [0.717, 1.165) is 5.92 Å². The van der Waals surface area contributed by atoms with Crippen LogP contribution in [-0.4, -0.2) is 0 Å². The van der Waals surface area contributed by atoms with Crippen molar-refractivity contribution in [2.75, 3.05) is 0 Å². The summed E-state index contributed by atoms with van der Waals surface area (Å²) in [7, 11) is 0. The van der Waals surface area contributed by atoms with E-state index < -0.39 is 0 Å². The Morgan fingerprint density at radius 1 is 0.667 bits per heavy atom. The van der Waals surface area contributed by atoms with Gasteiger partial charge in [0.25, 0.3) is 0 Å². The van der Waals surface area contributed by atoms with Crippen molar-refractivity contribution >= 4 is 0 Å². The van der Waals surface area contributed by atoms with Crippen molar-refractivity contribution < 1.29 is 0 Å². The zero-order valence-electron chi connectivity index (χ0n) is 16.5. The van der Waals surface area contributed by atoms with Gasteiger partial charge in [0, 0.05) is 0 Å². The number of benzene rings is 1. The van der Waals surface area contributed by atoms with E-state index in [9.17, 15) is 0 Å². The van der Waals surface area contributed by atoms with Gasteiger partial charge >= 0.3 is 0 Å². The first-order valence-electron chi connectivity index (χ1n) is 10.8. The standard InChI is InChI=1S/C24H41/c1-3-5-7-9-10-12-15-19-23(18-14-11-8-6-4-2)22-24-20-16-13-17-21-24/h16-17,20-21,23H,3-12,14-15,18-19,22H2,1-2H3. The van der Waals surface area contributed by atoms with Crippen LogP contribution in [0.25, 0.3) is 0 Å². The summed E-state index contributed by atoms with van der Waals surface area (Å²) in [5, 5.41) is 0. The molecule has 1 aromatic rings. The minimum absolute atomic E-state index is 0.893. The van der Waals surface area contributed by atoms with Crippen LogP contribution in [0.1, 0.15) is 109 Å². The second kappa shape index (κ2) is 15.7. The molecule has 1 unspecified atom stereocenters. The van der Waals surface area contributed by atoms with Crippen LogP contribution in [-0.2, 0) is 6.42 Å². The summed E-state index contributed by atoms with van der Waals surface area (Å²) in [5.74, 6) is 0.893. The Bertz CT molecular complexity index is 354. The van der Waals surface area contributed by atoms with E-state index in [1.807, 2.05) is 0 Å². The molecule has 0 nitrogen and oxygen atoms in total. The molecule has 24 heavy (non-hydrogen) atoms. The van der Waals surface area contributed by atoms with Gasteiger partial charge in [0.05, 0.1) is 0 Å². The molecule has 0 spiro atoms. The molecule has 0 amide bonds. The van der Waals surface area contributed by atoms with Crippen LogP contribution in [0.2, 0.25) is 0 Å². The van der Waals surface area contributed by atoms with E-state index in [4.69, 9.17) is 0 Å². The van der Waals surface area contributed by atoms with Crippen LogP contribution in [0.15, 0.2) is 24.3 Å². The Balaban J connectivity index is 2.23. The monoisotopic (exact) mass is 329 g/mol. The largest absolute Gasteiger partial charge is 0.0654 e. The average molecular weight is 330 g/mol. The summed E-state index contributed by atoms with van der Waals surface area (Å²) < 4.78 is 0. The van der Waals surface area contributed by atoms with Gasteiger partial charge in [-0.3, -0.25) is 0 Å². The lowest BCUT2D eigenvalue weighted by Gasteiger charge is -2.17. The summed E-state index contributed by atoms with van der Waals surface area (Å²) in [6, 6.07) is 11.8. The molecular formula is C24H41. The molecule has 0 saturated carbocycles. The number of unbranched alkanes of at least 4 members (excludes halogenated alkanes) is 10. The molecule has 0 aliphatic heterocycles. The quantitative estimate of drug-likeness (QED) is 0.268. The van der Waals surface area contributed by atoms with Crippen LogP contribution >= 0.6 is 0 Å². The molecule has 1 aromatic carbocycles. The third-order valence-electron chi connectivity index (χ3n) is 5.24. The normalized spacial score (nSPS) is 12.4. The Hall–Kier alpha value is -0.780. The highest BCUT2D eigenvalue weighted by molar-refractivity contribution is 5.14. The lowest BCUT2D eigenvalue weighted by atomic mass is 9.89. The molecule has 1 atom stereocenters. The SMILES string of the molecule is CCCCCCCCCC(CCCCCCC)Cc1cc[c]cc1. The molecule has 1 radical (unpaired) electrons. The predicted molar refractivity (Wildman–Crippen MR) is 108 cm³/mol. The summed E-state index contributed by atoms with van der Waals surface area (Å²) >= 11 is 0. The van der Waals surface area contributed by atoms with E-state index in [2.05, 4.69) is 44.2 Å². The fraction of sp³-hybridized carbons (Fsp3) is 0.750. The van der Waals surface area contributed by atoms with Crippen LogP contribution in [0.4, 0.5) is 0 Å². The lowest BCUT2D eigenvalue weighted by molar-refractivity contribution is 0.401. The van der Waals surface area contributed by atoms with E-state index in [1.54, 1.807) is 0 Å². The Morgan fingerprint density at radius 2 is 1.12 bits per heavy atom. The van der Waals surface area contributed by atoms with Gasteiger partial charge < -0.3 is 0 Å². The van der Waals surface area contributed by atoms with E-state index >= 15 is 0 Å². The first-order chi connectivity index (χ1) is 11.9. The van der Waals surface area contributed by atoms with Crippen molar-refractivity contribution in [3.8, 4) is 0 Å². The third-order valence-corrected chi connectivity index (χ3v) is 5.24. The second-order valence-electron chi connectivity index (χ2n) is 7.59. The van der Waals surface area contributed by atoms with Crippen molar-refractivity contribution in [2.24, 2.45) is 5.92 Å². The lowest BCUT2D eigenvalue weighted by Crippen LogP contribution is -2.05. The molecule has 0 aliphatic carbocycles. The molecule has 0 fully saturated rings. The van der Waals surface area contributed by atoms with Gasteiger partial charge in [-0.15, -0.1) is 0 Å². The van der Waals surface area contributed by atoms with Crippen molar-refractivity contribution in [1.29, 1.82) is 0 Å². The molecule has 0 heterocycles. The van der Waals surface area contributed by atoms with Gasteiger partial charge in [-0.1, -0.05) is 128 Å². The Kier molecular flexibility index (Phi) is 13.9. The summed E-state index contributed by atoms with van der Waals surface area (Å²) in [4.78, 5) is 0. The summed E-state index contributed by atoms with van der Waals surface area (Å²) in [6.45, 7) is 4.60. The molecule has 0 N–H and O–H groups in total. The summed E-state index contributed by atoms with van der Waals surface area (Å²) in [6.07, 6.45) is 21.2. The average Bonchev–Trinajstić information content (AvgIpc) is 2.61. The van der Waals surface area contributed by atoms with E-state index in [0.29, 0.717) is 0 Å². The van der Waals surface area contributed by atoms with Gasteiger partial charge in [0.2, 0.25) is 0 Å². The zero-order valence-corrected chi connectivity index (χ0v) is 16.5. The third kappa shape index (κ3) is 11.7. The first kappa shape index (κ1) is 21.3. The predicted octanol–water partition coefficient (Wildman–Crippen LogP) is 8.15. The van der Waals surface area contributed by atoms with Crippen LogP contribution in [0.5, 0.6) is 0 Å². The van der Waals surface area contributed by atoms with Crippen molar-refractivity contribution in [2.45, 2.75) is 110 Å². The molecule has 0 aromatic heterocycles. The number of hydrogen-bond acceptors (Lipinski definition) is 0. The first-order valence-corrected chi connectivity index (χ1v) is 10.8. The molecule has 0 bridgehead atoms. The van der Waals surface area contributed by atoms with Gasteiger partial charge in [0.15, 0.2) is 0 Å². The van der Waals surface area contributed by atoms with E-state index in [-0.39, 0.29) is 0 Å². The highest BCUT2D eigenvalue weighted by Gasteiger charge is 2.09. The summed E-state index contributed by atoms with van der Waals surface area (Å²) in [5.41, 5.74) is 1.51. The maximum Gasteiger partial charge on any atom is -0.0184 e. The topological polar surface area (TPSA) is 0 Å². The van der Waals surface area contributed by atoms with Crippen molar-refractivity contribution in [1.82, 2.24) is 0 Å². The minimum atomic E-state index is 0.893. The maximum absolute atomic E-state index is 3.15. The van der Waals surface area contributed by atoms with Gasteiger partial charge in [0.1, 0.15) is 0 Å². The Morgan fingerprint density at radius 3 is 1.62 bits per heavy atom. The molecule has 137 valence electrons. The Labute approximate surface area is 152 Å². The smallest absolute Gasteiger partial charge is 0.0184 e. The van der Waals surface area contributed by atoms with Crippen LogP contribution in [0.3, 0.4) is 0 Å². The zero-order chi connectivity index (χ0) is 17.3. The van der Waals surface area contributed by atoms with Crippen molar-refractivity contribution in [3.05, 3.63) is 35.9 Å². The van der Waals surface area contributed by atoms with Gasteiger partial charge in [-0.25, -0.2) is 0 Å². The molecule has 0 saturated heterocycles. The van der Waals surface area contributed by atoms with Gasteiger partial charge in [-0.2, -0.15) is 0 Å². The van der Waals surface area contributed by atoms with Gasteiger partial charge in [-0.05, 0) is 24.0 Å². The maximum atomic E-state index is 3.15. The highest BCUT2D eigenvalue weighted by Crippen LogP contribution is 2.23. The number of rotatable bonds is 16. The molecular weight excluding hydrogens is 288 g/mol. The molecule has 0 aliphatic rings. The minimum Gasteiger partial charge on any atom is -0.0654 e. The van der Waals surface area contributed by atoms with E-state index in [1.165, 1.54) is 102 Å². The fourth-order valence-corrected chi connectivity index (χ4v) is 3.67. The molecule has 0 heteroatoms. The second-order valence-corrected chi connectivity index (χ2v) is 7.59. The van der Waals surface area contributed by atoms with Crippen LogP contribution < -0.4 is 0 Å². The highest BCUT2D eigenvalue weighted by atomic mass is 14.1. The molecule has 1 rings (SSSR count). The number of hydrogen-bond donors (Lipinski definition) is 0. The van der Waals surface area contributed by atoms with Crippen molar-refractivity contribution in [3.63, 3.8) is 0 Å². The van der Waals surface area contributed by atoms with Crippen LogP contribution in [0, 0.1) is 12.0 Å².